The van der Waals surface area contributed by atoms with Gasteiger partial charge in [-0.05, 0) is 20.3 Å². The van der Waals surface area contributed by atoms with E-state index in [1.807, 2.05) is 13.8 Å². The van der Waals surface area contributed by atoms with Crippen molar-refractivity contribution in [3.05, 3.63) is 0 Å². The summed E-state index contributed by atoms with van der Waals surface area (Å²) in [7, 11) is -3.12. The van der Waals surface area contributed by atoms with E-state index >= 15 is 0 Å². The van der Waals surface area contributed by atoms with Crippen LogP contribution >= 0.6 is 0 Å². The number of hydrogen-bond donors (Lipinski definition) is 0. The van der Waals surface area contributed by atoms with E-state index in [1.165, 1.54) is 5.01 Å². The zero-order valence-electron chi connectivity index (χ0n) is 14.0. The number of hydrogen-bond acceptors (Lipinski definition) is 6. The van der Waals surface area contributed by atoms with Gasteiger partial charge >= 0.3 is 0 Å². The molecule has 134 valence electrons. The molecule has 0 spiro atoms. The van der Waals surface area contributed by atoms with Gasteiger partial charge in [0.1, 0.15) is 5.71 Å². The Balaban J connectivity index is 1.76. The minimum Gasteiger partial charge on any atom is -0.372 e. The molecule has 0 aromatic heterocycles. The van der Waals surface area contributed by atoms with Crippen LogP contribution in [0.15, 0.2) is 5.10 Å². The standard InChI is InChI=1S/C15H23N3O5S/c1-10-7-17(8-11(2)23-10)15(20)13-3-4-14(19)18(16-13)12-5-6-24(21,22)9-12/h10-12H,3-9H2,1-2H3. The Morgan fingerprint density at radius 2 is 1.88 bits per heavy atom. The summed E-state index contributed by atoms with van der Waals surface area (Å²) in [6, 6.07) is -0.451. The molecule has 0 N–H and O–H groups in total. The molecular weight excluding hydrogens is 334 g/mol. The number of nitrogens with zero attached hydrogens (tertiary/aromatic N) is 3. The Kier molecular flexibility index (Phi) is 4.65. The molecule has 3 rings (SSSR count). The van der Waals surface area contributed by atoms with Gasteiger partial charge in [-0.1, -0.05) is 0 Å². The molecular formula is C15H23N3O5S. The molecule has 0 bridgehead atoms. The Labute approximate surface area is 141 Å². The predicted molar refractivity (Wildman–Crippen MR) is 87.2 cm³/mol. The number of ether oxygens (including phenoxy) is 1. The second-order valence-electron chi connectivity index (χ2n) is 6.81. The number of hydrazone groups is 1. The Morgan fingerprint density at radius 3 is 2.46 bits per heavy atom. The third-order valence-corrected chi connectivity index (χ3v) is 6.32. The van der Waals surface area contributed by atoms with E-state index in [2.05, 4.69) is 5.10 Å². The average Bonchev–Trinajstić information content (AvgIpc) is 2.86. The van der Waals surface area contributed by atoms with Crippen molar-refractivity contribution in [2.45, 2.75) is 51.4 Å². The lowest BCUT2D eigenvalue weighted by Gasteiger charge is -2.36. The maximum absolute atomic E-state index is 12.7. The molecule has 0 aromatic rings. The van der Waals surface area contributed by atoms with Crippen LogP contribution in [0.4, 0.5) is 0 Å². The van der Waals surface area contributed by atoms with Gasteiger partial charge < -0.3 is 9.64 Å². The van der Waals surface area contributed by atoms with E-state index in [0.29, 0.717) is 31.6 Å². The van der Waals surface area contributed by atoms with Crippen LogP contribution in [-0.4, -0.2) is 78.7 Å². The van der Waals surface area contributed by atoms with Gasteiger partial charge in [0.15, 0.2) is 9.84 Å². The summed E-state index contributed by atoms with van der Waals surface area (Å²) in [4.78, 5) is 26.5. The zero-order valence-corrected chi connectivity index (χ0v) is 14.8. The van der Waals surface area contributed by atoms with Gasteiger partial charge in [-0.3, -0.25) is 9.59 Å². The normalized spacial score (nSPS) is 33.5. The molecule has 2 amide bonds. The van der Waals surface area contributed by atoms with E-state index in [0.717, 1.165) is 0 Å². The highest BCUT2D eigenvalue weighted by molar-refractivity contribution is 7.91. The second-order valence-corrected chi connectivity index (χ2v) is 9.04. The van der Waals surface area contributed by atoms with Crippen molar-refractivity contribution < 1.29 is 22.7 Å². The van der Waals surface area contributed by atoms with Crippen molar-refractivity contribution in [1.29, 1.82) is 0 Å². The van der Waals surface area contributed by atoms with Gasteiger partial charge in [0.25, 0.3) is 5.91 Å². The lowest BCUT2D eigenvalue weighted by atomic mass is 10.1. The molecule has 2 saturated heterocycles. The molecule has 3 atom stereocenters. The van der Waals surface area contributed by atoms with Crippen LogP contribution < -0.4 is 0 Å². The van der Waals surface area contributed by atoms with Gasteiger partial charge in [-0.25, -0.2) is 13.4 Å². The first-order valence-corrected chi connectivity index (χ1v) is 10.1. The lowest BCUT2D eigenvalue weighted by molar-refractivity contribution is -0.137. The Bertz CT molecular complexity index is 665. The van der Waals surface area contributed by atoms with Crippen molar-refractivity contribution in [2.75, 3.05) is 24.6 Å². The maximum atomic E-state index is 12.7. The van der Waals surface area contributed by atoms with E-state index in [4.69, 9.17) is 4.74 Å². The van der Waals surface area contributed by atoms with E-state index in [-0.39, 0.29) is 41.9 Å². The predicted octanol–water partition coefficient (Wildman–Crippen LogP) is -0.212. The smallest absolute Gasteiger partial charge is 0.270 e. The number of morpholine rings is 1. The lowest BCUT2D eigenvalue weighted by Crippen LogP contribution is -2.52. The van der Waals surface area contributed by atoms with Crippen molar-refractivity contribution in [3.63, 3.8) is 0 Å². The molecule has 0 aromatic carbocycles. The first-order chi connectivity index (χ1) is 11.2. The molecule has 2 fully saturated rings. The molecule has 0 saturated carbocycles. The summed E-state index contributed by atoms with van der Waals surface area (Å²) in [5.74, 6) is -0.402. The first-order valence-electron chi connectivity index (χ1n) is 8.30. The molecule has 8 nitrogen and oxygen atoms in total. The highest BCUT2D eigenvalue weighted by atomic mass is 32.2. The summed E-state index contributed by atoms with van der Waals surface area (Å²) in [6.07, 6.45) is 0.786. The van der Waals surface area contributed by atoms with E-state index in [1.54, 1.807) is 4.90 Å². The molecule has 3 heterocycles. The number of sulfone groups is 1. The number of amides is 2. The number of rotatable bonds is 2. The summed E-state index contributed by atoms with van der Waals surface area (Å²) < 4.78 is 28.9. The van der Waals surface area contributed by atoms with Gasteiger partial charge in [-0.2, -0.15) is 5.10 Å². The molecule has 3 unspecified atom stereocenters. The minimum atomic E-state index is -3.12. The fourth-order valence-corrected chi connectivity index (χ4v) is 5.20. The van der Waals surface area contributed by atoms with Gasteiger partial charge in [-0.15, -0.1) is 0 Å². The van der Waals surface area contributed by atoms with E-state index < -0.39 is 15.9 Å². The molecule has 24 heavy (non-hydrogen) atoms. The van der Waals surface area contributed by atoms with Gasteiger partial charge in [0, 0.05) is 25.9 Å². The number of carbonyl (C=O) groups excluding carboxylic acids is 2. The quantitative estimate of drug-likeness (QED) is 0.681. The third-order valence-electron chi connectivity index (χ3n) is 4.57. The van der Waals surface area contributed by atoms with Crippen molar-refractivity contribution >= 4 is 27.4 Å². The third kappa shape index (κ3) is 3.61. The molecule has 0 aliphatic carbocycles. The Hall–Kier alpha value is -1.48. The summed E-state index contributed by atoms with van der Waals surface area (Å²) in [5, 5.41) is 5.47. The van der Waals surface area contributed by atoms with Crippen LogP contribution in [0.1, 0.15) is 33.1 Å². The molecule has 3 aliphatic rings. The monoisotopic (exact) mass is 357 g/mol. The van der Waals surface area contributed by atoms with Gasteiger partial charge in [0.2, 0.25) is 5.91 Å². The van der Waals surface area contributed by atoms with Crippen molar-refractivity contribution in [2.24, 2.45) is 5.10 Å². The minimum absolute atomic E-state index is 0.0420. The van der Waals surface area contributed by atoms with Crippen molar-refractivity contribution in [1.82, 2.24) is 9.91 Å². The Morgan fingerprint density at radius 1 is 1.21 bits per heavy atom. The van der Waals surface area contributed by atoms with E-state index in [9.17, 15) is 18.0 Å². The topological polar surface area (TPSA) is 96.4 Å². The van der Waals surface area contributed by atoms with Crippen LogP contribution in [0.3, 0.4) is 0 Å². The summed E-state index contributed by atoms with van der Waals surface area (Å²) in [5.41, 5.74) is 0.334. The fraction of sp³-hybridized carbons (Fsp3) is 0.800. The number of carbonyl (C=O) groups is 2. The summed E-state index contributed by atoms with van der Waals surface area (Å²) >= 11 is 0. The van der Waals surface area contributed by atoms with Crippen LogP contribution in [0, 0.1) is 0 Å². The molecule has 3 aliphatic heterocycles. The fourth-order valence-electron chi connectivity index (χ4n) is 3.51. The average molecular weight is 357 g/mol. The molecule has 9 heteroatoms. The zero-order chi connectivity index (χ0) is 17.5. The second kappa shape index (κ2) is 6.44. The largest absolute Gasteiger partial charge is 0.372 e. The van der Waals surface area contributed by atoms with Gasteiger partial charge in [0.05, 0.1) is 29.8 Å². The molecule has 0 radical (unpaired) electrons. The van der Waals surface area contributed by atoms with Crippen LogP contribution in [0.2, 0.25) is 0 Å². The van der Waals surface area contributed by atoms with Crippen LogP contribution in [0.25, 0.3) is 0 Å². The van der Waals surface area contributed by atoms with Crippen LogP contribution in [0.5, 0.6) is 0 Å². The highest BCUT2D eigenvalue weighted by Crippen LogP contribution is 2.23. The SMILES string of the molecule is CC1CN(C(=O)C2=NN(C3CCS(=O)(=O)C3)C(=O)CC2)CC(C)O1. The highest BCUT2D eigenvalue weighted by Gasteiger charge is 2.38. The maximum Gasteiger partial charge on any atom is 0.270 e. The van der Waals surface area contributed by atoms with Crippen molar-refractivity contribution in [3.8, 4) is 0 Å². The van der Waals surface area contributed by atoms with Crippen LogP contribution in [-0.2, 0) is 24.2 Å². The first kappa shape index (κ1) is 17.3. The summed E-state index contributed by atoms with van der Waals surface area (Å²) in [6.45, 7) is 4.82.